The Hall–Kier alpha value is -5.92. The summed E-state index contributed by atoms with van der Waals surface area (Å²) in [7, 11) is 0. The summed E-state index contributed by atoms with van der Waals surface area (Å²) in [6, 6.07) is 26.9. The number of para-hydroxylation sites is 2. The van der Waals surface area contributed by atoms with E-state index in [0.29, 0.717) is 22.4 Å². The zero-order chi connectivity index (χ0) is 27.6. The van der Waals surface area contributed by atoms with Gasteiger partial charge in [0, 0.05) is 35.6 Å². The highest BCUT2D eigenvalue weighted by atomic mass is 16.6. The number of nitrogens with zero attached hydrogens (tertiary/aromatic N) is 8. The number of hydrogen-bond acceptors (Lipinski definition) is 10. The molecular formula is C26H20N10O4. The number of nitro benzene ring substituents is 2. The third-order valence-corrected chi connectivity index (χ3v) is 6.37. The van der Waals surface area contributed by atoms with Crippen LogP contribution in [-0.2, 0) is 0 Å². The minimum atomic E-state index is -0.714. The Labute approximate surface area is 225 Å². The number of hydrogen-bond donors (Lipinski definition) is 2. The molecule has 6 rings (SSSR count). The van der Waals surface area contributed by atoms with Gasteiger partial charge in [0.2, 0.25) is 0 Å². The van der Waals surface area contributed by atoms with Crippen LogP contribution in [0, 0.1) is 20.2 Å². The molecule has 0 amide bonds. The van der Waals surface area contributed by atoms with Crippen molar-refractivity contribution in [2.75, 3.05) is 10.6 Å². The third-order valence-electron chi connectivity index (χ3n) is 6.37. The maximum atomic E-state index is 11.2. The van der Waals surface area contributed by atoms with Crippen molar-refractivity contribution in [2.45, 2.75) is 12.3 Å². The Morgan fingerprint density at radius 1 is 0.575 bits per heavy atom. The minimum Gasteiger partial charge on any atom is -0.360 e. The lowest BCUT2D eigenvalue weighted by Crippen LogP contribution is -2.35. The Morgan fingerprint density at radius 2 is 0.950 bits per heavy atom. The summed E-state index contributed by atoms with van der Waals surface area (Å²) in [4.78, 5) is 21.5. The smallest absolute Gasteiger partial charge is 0.269 e. The fraction of sp³-hybridized carbons (Fsp3) is 0.0769. The first-order valence-corrected chi connectivity index (χ1v) is 12.1. The molecule has 2 atom stereocenters. The van der Waals surface area contributed by atoms with E-state index in [1.54, 1.807) is 33.6 Å². The van der Waals surface area contributed by atoms with E-state index < -0.39 is 22.2 Å². The van der Waals surface area contributed by atoms with E-state index in [9.17, 15) is 20.2 Å². The van der Waals surface area contributed by atoms with E-state index in [2.05, 4.69) is 31.3 Å². The highest BCUT2D eigenvalue weighted by Crippen LogP contribution is 2.32. The van der Waals surface area contributed by atoms with E-state index in [1.807, 2.05) is 48.5 Å². The summed E-state index contributed by atoms with van der Waals surface area (Å²) in [6.07, 6.45) is -1.43. The molecule has 2 N–H and O–H groups in total. The van der Waals surface area contributed by atoms with E-state index in [4.69, 9.17) is 0 Å². The number of anilines is 2. The Kier molecular flexibility index (Phi) is 6.16. The molecule has 0 saturated carbocycles. The Balaban J connectivity index is 1.50. The fourth-order valence-electron chi connectivity index (χ4n) is 4.43. The summed E-state index contributed by atoms with van der Waals surface area (Å²) in [6.45, 7) is 0. The topological polar surface area (TPSA) is 172 Å². The van der Waals surface area contributed by atoms with E-state index in [-0.39, 0.29) is 11.4 Å². The van der Waals surface area contributed by atoms with Crippen molar-refractivity contribution in [3.63, 3.8) is 0 Å². The molecule has 0 aliphatic rings. The highest BCUT2D eigenvalue weighted by molar-refractivity contribution is 5.75. The molecular weight excluding hydrogens is 516 g/mol. The van der Waals surface area contributed by atoms with Crippen molar-refractivity contribution in [1.82, 2.24) is 30.0 Å². The van der Waals surface area contributed by atoms with Crippen LogP contribution in [0.4, 0.5) is 22.7 Å². The molecule has 40 heavy (non-hydrogen) atoms. The summed E-state index contributed by atoms with van der Waals surface area (Å²) in [5.74, 6) is 0. The average Bonchev–Trinajstić information content (AvgIpc) is 3.60. The van der Waals surface area contributed by atoms with Gasteiger partial charge in [0.05, 0.1) is 20.9 Å². The minimum absolute atomic E-state index is 0.0452. The summed E-state index contributed by atoms with van der Waals surface area (Å²) >= 11 is 0. The number of benzene rings is 4. The second-order valence-corrected chi connectivity index (χ2v) is 8.83. The standard InChI is InChI=1S/C26H20N10O4/c37-35(38)19-13-9-17(10-14-19)27-25(33-23-7-3-1-5-21(23)29-31-33)26(28-18-11-15-20(16-12-18)36(39)40)34-24-8-4-2-6-22(24)30-32-34/h1-16,25-28H/t25-,26-/m1/s1. The summed E-state index contributed by atoms with van der Waals surface area (Å²) in [5, 5.41) is 46.8. The van der Waals surface area contributed by atoms with Crippen LogP contribution >= 0.6 is 0 Å². The fourth-order valence-corrected chi connectivity index (χ4v) is 4.43. The van der Waals surface area contributed by atoms with E-state index >= 15 is 0 Å². The maximum absolute atomic E-state index is 11.2. The molecule has 0 aliphatic heterocycles. The molecule has 2 heterocycles. The molecule has 0 bridgehead atoms. The van der Waals surface area contributed by atoms with Crippen LogP contribution in [0.15, 0.2) is 97.1 Å². The van der Waals surface area contributed by atoms with Gasteiger partial charge in [-0.05, 0) is 48.5 Å². The lowest BCUT2D eigenvalue weighted by molar-refractivity contribution is -0.385. The predicted molar refractivity (Wildman–Crippen MR) is 147 cm³/mol. The molecule has 198 valence electrons. The summed E-state index contributed by atoms with van der Waals surface area (Å²) < 4.78 is 3.38. The number of nitrogens with one attached hydrogen (secondary N) is 2. The number of nitro groups is 2. The second-order valence-electron chi connectivity index (χ2n) is 8.83. The van der Waals surface area contributed by atoms with Crippen molar-refractivity contribution in [3.05, 3.63) is 117 Å². The largest absolute Gasteiger partial charge is 0.360 e. The van der Waals surface area contributed by atoms with Crippen LogP contribution < -0.4 is 10.6 Å². The SMILES string of the molecule is O=[N+]([O-])c1ccc(N[C@@H]([C@H](Nc2ccc([N+](=O)[O-])cc2)n2nnc3ccccc32)n2nnc3ccccc32)cc1. The van der Waals surface area contributed by atoms with Gasteiger partial charge in [-0.2, -0.15) is 0 Å². The summed E-state index contributed by atoms with van der Waals surface area (Å²) in [5.41, 5.74) is 3.84. The molecule has 0 spiro atoms. The predicted octanol–water partition coefficient (Wildman–Crippen LogP) is 4.91. The third kappa shape index (κ3) is 4.60. The van der Waals surface area contributed by atoms with E-state index in [0.717, 1.165) is 11.0 Å². The van der Waals surface area contributed by atoms with Gasteiger partial charge < -0.3 is 10.6 Å². The molecule has 0 unspecified atom stereocenters. The molecule has 14 heteroatoms. The quantitative estimate of drug-likeness (QED) is 0.191. The molecule has 2 aromatic heterocycles. The first kappa shape index (κ1) is 24.4. The van der Waals surface area contributed by atoms with Crippen LogP contribution in [-0.4, -0.2) is 39.8 Å². The first-order chi connectivity index (χ1) is 19.5. The lowest BCUT2D eigenvalue weighted by atomic mass is 10.2. The van der Waals surface area contributed by atoms with Gasteiger partial charge in [-0.25, -0.2) is 9.36 Å². The number of non-ortho nitro benzene ring substituents is 2. The van der Waals surface area contributed by atoms with Gasteiger partial charge in [-0.3, -0.25) is 20.2 Å². The molecule has 4 aromatic carbocycles. The van der Waals surface area contributed by atoms with Gasteiger partial charge in [0.25, 0.3) is 11.4 Å². The van der Waals surface area contributed by atoms with E-state index in [1.165, 1.54) is 24.3 Å². The molecule has 0 aliphatic carbocycles. The van der Waals surface area contributed by atoms with Gasteiger partial charge in [0.15, 0.2) is 12.3 Å². The number of fused-ring (bicyclic) bond motifs is 2. The van der Waals surface area contributed by atoms with Crippen molar-refractivity contribution in [2.24, 2.45) is 0 Å². The number of aromatic nitrogens is 6. The van der Waals surface area contributed by atoms with Gasteiger partial charge in [0.1, 0.15) is 11.0 Å². The Morgan fingerprint density at radius 3 is 1.32 bits per heavy atom. The van der Waals surface area contributed by atoms with Crippen molar-refractivity contribution in [3.8, 4) is 0 Å². The van der Waals surface area contributed by atoms with Crippen molar-refractivity contribution >= 4 is 44.8 Å². The van der Waals surface area contributed by atoms with Gasteiger partial charge >= 0.3 is 0 Å². The van der Waals surface area contributed by atoms with Crippen LogP contribution in [0.2, 0.25) is 0 Å². The van der Waals surface area contributed by atoms with Gasteiger partial charge in [-0.15, -0.1) is 10.2 Å². The highest BCUT2D eigenvalue weighted by Gasteiger charge is 2.30. The lowest BCUT2D eigenvalue weighted by Gasteiger charge is -2.31. The number of rotatable bonds is 9. The van der Waals surface area contributed by atoms with Crippen LogP contribution in [0.1, 0.15) is 12.3 Å². The van der Waals surface area contributed by atoms with Crippen LogP contribution in [0.5, 0.6) is 0 Å². The van der Waals surface area contributed by atoms with Crippen molar-refractivity contribution in [1.29, 1.82) is 0 Å². The molecule has 14 nitrogen and oxygen atoms in total. The monoisotopic (exact) mass is 536 g/mol. The zero-order valence-corrected chi connectivity index (χ0v) is 20.6. The molecule has 0 radical (unpaired) electrons. The van der Waals surface area contributed by atoms with Crippen LogP contribution in [0.3, 0.4) is 0 Å². The maximum Gasteiger partial charge on any atom is 0.269 e. The molecule has 0 fully saturated rings. The normalized spacial score (nSPS) is 12.7. The van der Waals surface area contributed by atoms with Gasteiger partial charge in [-0.1, -0.05) is 34.7 Å². The first-order valence-electron chi connectivity index (χ1n) is 12.1. The van der Waals surface area contributed by atoms with Crippen LogP contribution in [0.25, 0.3) is 22.1 Å². The molecule has 0 saturated heterocycles. The zero-order valence-electron chi connectivity index (χ0n) is 20.6. The Bertz CT molecular complexity index is 1700. The second kappa shape index (κ2) is 10.1. The molecule has 6 aromatic rings. The van der Waals surface area contributed by atoms with Crippen molar-refractivity contribution < 1.29 is 9.85 Å². The average molecular weight is 537 g/mol.